The molecule has 2 amide bonds. The number of halogens is 1. The fraction of sp³-hybridized carbons (Fsp3) is 0.394. The first-order chi connectivity index (χ1) is 19.6. The van der Waals surface area contributed by atoms with Crippen molar-refractivity contribution in [2.24, 2.45) is 0 Å². The van der Waals surface area contributed by atoms with Gasteiger partial charge in [-0.2, -0.15) is 0 Å². The van der Waals surface area contributed by atoms with Crippen LogP contribution in [0.2, 0.25) is 5.02 Å². The molecular weight excluding hydrogens is 570 g/mol. The third kappa shape index (κ3) is 9.88. The van der Waals surface area contributed by atoms with Crippen molar-refractivity contribution in [2.75, 3.05) is 17.1 Å². The van der Waals surface area contributed by atoms with E-state index in [2.05, 4.69) is 5.32 Å². The summed E-state index contributed by atoms with van der Waals surface area (Å²) < 4.78 is 26.8. The van der Waals surface area contributed by atoms with Crippen molar-refractivity contribution in [3.63, 3.8) is 0 Å². The molecule has 0 bridgehead atoms. The SMILES string of the molecule is Cc1cc(C)cc(N(CCCC(=O)N(Cc2ccccc2Cl)C(Cc2ccccc2)C(=O)NC(C)(C)C)S(C)(=O)=O)c1. The van der Waals surface area contributed by atoms with E-state index in [1.165, 1.54) is 10.6 Å². The predicted molar refractivity (Wildman–Crippen MR) is 171 cm³/mol. The topological polar surface area (TPSA) is 86.8 Å². The van der Waals surface area contributed by atoms with Crippen LogP contribution >= 0.6 is 11.6 Å². The summed E-state index contributed by atoms with van der Waals surface area (Å²) in [5.74, 6) is -0.520. The Morgan fingerprint density at radius 2 is 1.52 bits per heavy atom. The second-order valence-electron chi connectivity index (χ2n) is 11.8. The zero-order valence-electron chi connectivity index (χ0n) is 25.4. The molecule has 1 unspecified atom stereocenters. The number of amides is 2. The van der Waals surface area contributed by atoms with Crippen molar-refractivity contribution in [1.82, 2.24) is 10.2 Å². The smallest absolute Gasteiger partial charge is 0.243 e. The summed E-state index contributed by atoms with van der Waals surface area (Å²) in [6.45, 7) is 9.81. The minimum absolute atomic E-state index is 0.0510. The van der Waals surface area contributed by atoms with Crippen molar-refractivity contribution in [3.05, 3.63) is 100 Å². The van der Waals surface area contributed by atoms with Gasteiger partial charge in [0.1, 0.15) is 6.04 Å². The van der Waals surface area contributed by atoms with Gasteiger partial charge in [-0.15, -0.1) is 0 Å². The van der Waals surface area contributed by atoms with Gasteiger partial charge in [0, 0.05) is 36.5 Å². The first-order valence-corrected chi connectivity index (χ1v) is 16.3. The molecule has 0 fully saturated rings. The number of sulfonamides is 1. The van der Waals surface area contributed by atoms with Gasteiger partial charge in [-0.05, 0) is 81.5 Å². The summed E-state index contributed by atoms with van der Waals surface area (Å²) >= 11 is 6.50. The quantitative estimate of drug-likeness (QED) is 0.270. The van der Waals surface area contributed by atoms with E-state index < -0.39 is 21.6 Å². The number of hydrogen-bond acceptors (Lipinski definition) is 4. The van der Waals surface area contributed by atoms with Crippen molar-refractivity contribution in [3.8, 4) is 0 Å². The van der Waals surface area contributed by atoms with Crippen LogP contribution in [0.15, 0.2) is 72.8 Å². The third-order valence-corrected chi connectivity index (χ3v) is 8.28. The molecule has 1 N–H and O–H groups in total. The van der Waals surface area contributed by atoms with Crippen LogP contribution in [0.4, 0.5) is 5.69 Å². The highest BCUT2D eigenvalue weighted by Gasteiger charge is 2.32. The largest absolute Gasteiger partial charge is 0.350 e. The van der Waals surface area contributed by atoms with Crippen LogP contribution in [0.3, 0.4) is 0 Å². The van der Waals surface area contributed by atoms with Crippen LogP contribution in [-0.4, -0.2) is 49.5 Å². The molecule has 0 aliphatic rings. The predicted octanol–water partition coefficient (Wildman–Crippen LogP) is 6.06. The van der Waals surface area contributed by atoms with Crippen molar-refractivity contribution in [2.45, 2.75) is 72.0 Å². The molecule has 0 heterocycles. The highest BCUT2D eigenvalue weighted by atomic mass is 35.5. The lowest BCUT2D eigenvalue weighted by molar-refractivity contribution is -0.142. The fourth-order valence-corrected chi connectivity index (χ4v) is 6.06. The molecule has 0 radical (unpaired) electrons. The molecule has 1 atom stereocenters. The zero-order chi connectivity index (χ0) is 31.1. The van der Waals surface area contributed by atoms with Gasteiger partial charge in [-0.3, -0.25) is 13.9 Å². The minimum Gasteiger partial charge on any atom is -0.350 e. The molecule has 0 saturated carbocycles. The van der Waals surface area contributed by atoms with Crippen molar-refractivity contribution in [1.29, 1.82) is 0 Å². The Morgan fingerprint density at radius 1 is 0.929 bits per heavy atom. The second kappa shape index (κ2) is 14.2. The Kier molecular flexibility index (Phi) is 11.2. The van der Waals surface area contributed by atoms with Gasteiger partial charge < -0.3 is 10.2 Å². The van der Waals surface area contributed by atoms with Crippen molar-refractivity contribution >= 4 is 39.1 Å². The summed E-state index contributed by atoms with van der Waals surface area (Å²) in [6, 6.07) is 21.7. The maximum atomic E-state index is 14.0. The molecule has 7 nitrogen and oxygen atoms in total. The number of rotatable bonds is 12. The summed E-state index contributed by atoms with van der Waals surface area (Å²) in [6.07, 6.45) is 1.81. The number of nitrogens with one attached hydrogen (secondary N) is 1. The average Bonchev–Trinajstić information content (AvgIpc) is 2.87. The highest BCUT2D eigenvalue weighted by Crippen LogP contribution is 2.24. The number of nitrogens with zero attached hydrogens (tertiary/aromatic N) is 2. The van der Waals surface area contributed by atoms with Gasteiger partial charge in [0.2, 0.25) is 21.8 Å². The Hall–Kier alpha value is -3.36. The maximum absolute atomic E-state index is 14.0. The molecule has 226 valence electrons. The normalized spacial score (nSPS) is 12.5. The van der Waals surface area contributed by atoms with Crippen LogP contribution in [-0.2, 0) is 32.6 Å². The number of aryl methyl sites for hydroxylation is 2. The minimum atomic E-state index is -3.59. The summed E-state index contributed by atoms with van der Waals surface area (Å²) in [4.78, 5) is 29.3. The first kappa shape index (κ1) is 33.1. The molecule has 3 aromatic rings. The van der Waals surface area contributed by atoms with Crippen LogP contribution in [0.25, 0.3) is 0 Å². The number of benzene rings is 3. The molecule has 0 spiro atoms. The first-order valence-electron chi connectivity index (χ1n) is 14.1. The van der Waals surface area contributed by atoms with Crippen LogP contribution in [0, 0.1) is 13.8 Å². The number of hydrogen-bond donors (Lipinski definition) is 1. The molecular formula is C33H42ClN3O4S. The second-order valence-corrected chi connectivity index (χ2v) is 14.2. The number of anilines is 1. The highest BCUT2D eigenvalue weighted by molar-refractivity contribution is 7.92. The molecule has 9 heteroatoms. The Labute approximate surface area is 255 Å². The summed E-state index contributed by atoms with van der Waals surface area (Å²) in [5.41, 5.74) is 3.61. The molecule has 0 aliphatic heterocycles. The molecule has 3 aromatic carbocycles. The average molecular weight is 612 g/mol. The number of carbonyl (C=O) groups excluding carboxylic acids is 2. The Balaban J connectivity index is 1.92. The van der Waals surface area contributed by atoms with Gasteiger partial charge in [0.25, 0.3) is 0 Å². The van der Waals surface area contributed by atoms with E-state index in [0.717, 1.165) is 22.3 Å². The fourth-order valence-electron chi connectivity index (χ4n) is 4.92. The Morgan fingerprint density at radius 3 is 2.10 bits per heavy atom. The monoisotopic (exact) mass is 611 g/mol. The van der Waals surface area contributed by atoms with Crippen LogP contribution in [0.1, 0.15) is 55.9 Å². The van der Waals surface area contributed by atoms with Crippen LogP contribution < -0.4 is 9.62 Å². The molecule has 3 rings (SSSR count). The molecule has 42 heavy (non-hydrogen) atoms. The van der Waals surface area contributed by atoms with E-state index in [9.17, 15) is 18.0 Å². The standard InChI is InChI=1S/C33H42ClN3O4S/c1-24-19-25(2)21-28(20-24)37(42(6,40)41)18-12-17-31(38)36(23-27-15-10-11-16-29(27)34)30(32(39)35-33(3,4)5)22-26-13-8-7-9-14-26/h7-11,13-16,19-21,30H,12,17-18,22-23H2,1-6H3,(H,35,39). The number of carbonyl (C=O) groups is 2. The van der Waals surface area contributed by atoms with E-state index in [1.807, 2.05) is 101 Å². The van der Waals surface area contributed by atoms with E-state index >= 15 is 0 Å². The maximum Gasteiger partial charge on any atom is 0.243 e. The van der Waals surface area contributed by atoms with E-state index in [-0.39, 0.29) is 37.7 Å². The van der Waals surface area contributed by atoms with E-state index in [4.69, 9.17) is 11.6 Å². The van der Waals surface area contributed by atoms with Gasteiger partial charge in [0.05, 0.1) is 11.9 Å². The van der Waals surface area contributed by atoms with Crippen LogP contribution in [0.5, 0.6) is 0 Å². The molecule has 0 aromatic heterocycles. The summed E-state index contributed by atoms with van der Waals surface area (Å²) in [7, 11) is -3.59. The van der Waals surface area contributed by atoms with Crippen molar-refractivity contribution < 1.29 is 18.0 Å². The zero-order valence-corrected chi connectivity index (χ0v) is 26.9. The summed E-state index contributed by atoms with van der Waals surface area (Å²) in [5, 5.41) is 3.55. The van der Waals surface area contributed by atoms with Gasteiger partial charge >= 0.3 is 0 Å². The third-order valence-electron chi connectivity index (χ3n) is 6.71. The molecule has 0 saturated heterocycles. The van der Waals surface area contributed by atoms with Gasteiger partial charge in [-0.25, -0.2) is 8.42 Å². The Bertz CT molecular complexity index is 1470. The van der Waals surface area contributed by atoms with E-state index in [1.54, 1.807) is 11.0 Å². The van der Waals surface area contributed by atoms with E-state index in [0.29, 0.717) is 17.1 Å². The molecule has 0 aliphatic carbocycles. The van der Waals surface area contributed by atoms with Gasteiger partial charge in [0.15, 0.2) is 0 Å². The lowest BCUT2D eigenvalue weighted by atomic mass is 10.00. The van der Waals surface area contributed by atoms with Gasteiger partial charge in [-0.1, -0.05) is 66.2 Å². The lowest BCUT2D eigenvalue weighted by Gasteiger charge is -2.34. The lowest BCUT2D eigenvalue weighted by Crippen LogP contribution is -2.54.